The first kappa shape index (κ1) is 12.0. The molecule has 0 N–H and O–H groups in total. The van der Waals surface area contributed by atoms with Gasteiger partial charge in [-0.2, -0.15) is 0 Å². The van der Waals surface area contributed by atoms with Crippen LogP contribution in [0.15, 0.2) is 42.1 Å². The van der Waals surface area contributed by atoms with Crippen molar-refractivity contribution in [2.24, 2.45) is 0 Å². The monoisotopic (exact) mass is 231 g/mol. The second-order valence-corrected chi connectivity index (χ2v) is 4.55. The van der Waals surface area contributed by atoms with Crippen LogP contribution in [0, 0.1) is 0 Å². The van der Waals surface area contributed by atoms with Crippen LogP contribution >= 0.6 is 0 Å². The van der Waals surface area contributed by atoms with Crippen LogP contribution in [0.5, 0.6) is 5.75 Å². The standard InChI is InChI=1S/C15H21NO/c1-3-13(2)16-11-9-15(10-12-16)17-14-7-5-4-6-8-14/h3-8,15H,9-12H2,1-2H3. The summed E-state index contributed by atoms with van der Waals surface area (Å²) in [5, 5.41) is 0. The Hall–Kier alpha value is -1.44. The molecule has 0 spiro atoms. The Morgan fingerprint density at radius 1 is 1.24 bits per heavy atom. The van der Waals surface area contributed by atoms with Gasteiger partial charge in [-0.25, -0.2) is 0 Å². The predicted octanol–water partition coefficient (Wildman–Crippen LogP) is 3.45. The molecule has 1 aromatic rings. The predicted molar refractivity (Wildman–Crippen MR) is 71.1 cm³/mol. The Balaban J connectivity index is 1.84. The average molecular weight is 231 g/mol. The zero-order valence-electron chi connectivity index (χ0n) is 10.7. The van der Waals surface area contributed by atoms with Crippen molar-refractivity contribution < 1.29 is 4.74 Å². The molecule has 2 rings (SSSR count). The van der Waals surface area contributed by atoms with Crippen LogP contribution in [0.1, 0.15) is 26.7 Å². The maximum atomic E-state index is 5.97. The van der Waals surface area contributed by atoms with Crippen molar-refractivity contribution in [1.29, 1.82) is 0 Å². The Bertz CT molecular complexity index is 364. The zero-order chi connectivity index (χ0) is 12.1. The van der Waals surface area contributed by atoms with Crippen molar-refractivity contribution in [3.63, 3.8) is 0 Å². The molecule has 1 aliphatic rings. The molecular formula is C15H21NO. The molecule has 1 fully saturated rings. The Morgan fingerprint density at radius 3 is 2.47 bits per heavy atom. The van der Waals surface area contributed by atoms with Crippen LogP contribution in [0.25, 0.3) is 0 Å². The van der Waals surface area contributed by atoms with E-state index in [1.54, 1.807) is 0 Å². The number of rotatable bonds is 3. The largest absolute Gasteiger partial charge is 0.490 e. The summed E-state index contributed by atoms with van der Waals surface area (Å²) in [7, 11) is 0. The van der Waals surface area contributed by atoms with Crippen molar-refractivity contribution >= 4 is 0 Å². The zero-order valence-corrected chi connectivity index (χ0v) is 10.7. The highest BCUT2D eigenvalue weighted by atomic mass is 16.5. The van der Waals surface area contributed by atoms with Crippen LogP contribution in [-0.2, 0) is 0 Å². The van der Waals surface area contributed by atoms with E-state index in [0.717, 1.165) is 31.7 Å². The van der Waals surface area contributed by atoms with Crippen LogP contribution in [0.2, 0.25) is 0 Å². The molecule has 1 aromatic carbocycles. The SMILES string of the molecule is CC=C(C)N1CCC(Oc2ccccc2)CC1. The maximum Gasteiger partial charge on any atom is 0.119 e. The quantitative estimate of drug-likeness (QED) is 0.790. The van der Waals surface area contributed by atoms with Gasteiger partial charge in [0.15, 0.2) is 0 Å². The molecule has 17 heavy (non-hydrogen) atoms. The number of likely N-dealkylation sites (tertiary alicyclic amines) is 1. The molecular weight excluding hydrogens is 210 g/mol. The lowest BCUT2D eigenvalue weighted by Gasteiger charge is -2.34. The van der Waals surface area contributed by atoms with Gasteiger partial charge >= 0.3 is 0 Å². The van der Waals surface area contributed by atoms with Crippen LogP contribution in [0.4, 0.5) is 0 Å². The number of ether oxygens (including phenoxy) is 1. The molecule has 0 amide bonds. The first-order chi connectivity index (χ1) is 8.29. The number of benzene rings is 1. The summed E-state index contributed by atoms with van der Waals surface area (Å²) >= 11 is 0. The Labute approximate surface area is 104 Å². The van der Waals surface area contributed by atoms with Gasteiger partial charge in [-0.15, -0.1) is 0 Å². The minimum Gasteiger partial charge on any atom is -0.490 e. The topological polar surface area (TPSA) is 12.5 Å². The summed E-state index contributed by atoms with van der Waals surface area (Å²) in [6, 6.07) is 10.1. The number of piperidine rings is 1. The Kier molecular flexibility index (Phi) is 4.08. The second-order valence-electron chi connectivity index (χ2n) is 4.55. The molecule has 0 saturated carbocycles. The molecule has 1 heterocycles. The van der Waals surface area contributed by atoms with Gasteiger partial charge in [0.05, 0.1) is 0 Å². The van der Waals surface area contributed by atoms with Gasteiger partial charge in [-0.1, -0.05) is 24.3 Å². The molecule has 0 aliphatic carbocycles. The third-order valence-electron chi connectivity index (χ3n) is 3.40. The molecule has 0 bridgehead atoms. The van der Waals surface area contributed by atoms with E-state index < -0.39 is 0 Å². The van der Waals surface area contributed by atoms with Gasteiger partial charge in [0.2, 0.25) is 0 Å². The lowest BCUT2D eigenvalue weighted by Crippen LogP contribution is -2.37. The molecule has 0 unspecified atom stereocenters. The highest BCUT2D eigenvalue weighted by molar-refractivity contribution is 5.21. The van der Waals surface area contributed by atoms with Gasteiger partial charge in [0.1, 0.15) is 11.9 Å². The molecule has 92 valence electrons. The van der Waals surface area contributed by atoms with Gasteiger partial charge in [0, 0.05) is 31.6 Å². The number of nitrogens with zero attached hydrogens (tertiary/aromatic N) is 1. The summed E-state index contributed by atoms with van der Waals surface area (Å²) in [4.78, 5) is 2.44. The number of para-hydroxylation sites is 1. The summed E-state index contributed by atoms with van der Waals surface area (Å²) in [6.45, 7) is 6.49. The molecule has 1 aliphatic heterocycles. The fourth-order valence-corrected chi connectivity index (χ4v) is 2.20. The first-order valence-corrected chi connectivity index (χ1v) is 6.39. The Morgan fingerprint density at radius 2 is 1.88 bits per heavy atom. The van der Waals surface area contributed by atoms with Crippen LogP contribution < -0.4 is 4.74 Å². The first-order valence-electron chi connectivity index (χ1n) is 6.39. The third kappa shape index (κ3) is 3.26. The van der Waals surface area contributed by atoms with Crippen molar-refractivity contribution in [1.82, 2.24) is 4.90 Å². The summed E-state index contributed by atoms with van der Waals surface area (Å²) in [6.07, 6.45) is 4.77. The van der Waals surface area contributed by atoms with Crippen molar-refractivity contribution in [2.75, 3.05) is 13.1 Å². The van der Waals surface area contributed by atoms with E-state index in [1.807, 2.05) is 30.3 Å². The normalized spacial score (nSPS) is 18.2. The molecule has 0 atom stereocenters. The van der Waals surface area contributed by atoms with Gasteiger partial charge in [0.25, 0.3) is 0 Å². The fraction of sp³-hybridized carbons (Fsp3) is 0.467. The summed E-state index contributed by atoms with van der Waals surface area (Å²) in [5.74, 6) is 0.994. The number of hydrogen-bond acceptors (Lipinski definition) is 2. The van der Waals surface area contributed by atoms with Crippen molar-refractivity contribution in [3.05, 3.63) is 42.1 Å². The van der Waals surface area contributed by atoms with Crippen LogP contribution in [0.3, 0.4) is 0 Å². The minimum atomic E-state index is 0.373. The third-order valence-corrected chi connectivity index (χ3v) is 3.40. The molecule has 2 heteroatoms. The summed E-state index contributed by atoms with van der Waals surface area (Å²) < 4.78 is 5.97. The minimum absolute atomic E-state index is 0.373. The van der Waals surface area contributed by atoms with Crippen molar-refractivity contribution in [3.8, 4) is 5.75 Å². The van der Waals surface area contributed by atoms with E-state index in [0.29, 0.717) is 6.10 Å². The lowest BCUT2D eigenvalue weighted by atomic mass is 10.1. The highest BCUT2D eigenvalue weighted by Gasteiger charge is 2.20. The van der Waals surface area contributed by atoms with Crippen LogP contribution in [-0.4, -0.2) is 24.1 Å². The van der Waals surface area contributed by atoms with Gasteiger partial charge < -0.3 is 9.64 Å². The summed E-state index contributed by atoms with van der Waals surface area (Å²) in [5.41, 5.74) is 1.38. The highest BCUT2D eigenvalue weighted by Crippen LogP contribution is 2.20. The van der Waals surface area contributed by atoms with E-state index in [-0.39, 0.29) is 0 Å². The molecule has 0 aromatic heterocycles. The van der Waals surface area contributed by atoms with E-state index >= 15 is 0 Å². The smallest absolute Gasteiger partial charge is 0.119 e. The van der Waals surface area contributed by atoms with Crippen molar-refractivity contribution in [2.45, 2.75) is 32.8 Å². The number of hydrogen-bond donors (Lipinski definition) is 0. The van der Waals surface area contributed by atoms with Gasteiger partial charge in [-0.3, -0.25) is 0 Å². The van der Waals surface area contributed by atoms with E-state index in [9.17, 15) is 0 Å². The molecule has 0 radical (unpaired) electrons. The average Bonchev–Trinajstić information content (AvgIpc) is 2.40. The van der Waals surface area contributed by atoms with E-state index in [1.165, 1.54) is 5.70 Å². The molecule has 2 nitrogen and oxygen atoms in total. The van der Waals surface area contributed by atoms with Gasteiger partial charge in [-0.05, 0) is 26.0 Å². The number of allylic oxidation sites excluding steroid dienone is 2. The molecule has 1 saturated heterocycles. The second kappa shape index (κ2) is 5.76. The maximum absolute atomic E-state index is 5.97. The fourth-order valence-electron chi connectivity index (χ4n) is 2.20. The van der Waals surface area contributed by atoms with E-state index in [2.05, 4.69) is 24.8 Å². The van der Waals surface area contributed by atoms with E-state index in [4.69, 9.17) is 4.74 Å². The lowest BCUT2D eigenvalue weighted by molar-refractivity contribution is 0.117.